The zero-order valence-electron chi connectivity index (χ0n) is 9.68. The first kappa shape index (κ1) is 11.3. The summed E-state index contributed by atoms with van der Waals surface area (Å²) in [7, 11) is 0. The Morgan fingerprint density at radius 1 is 1.53 bits per heavy atom. The molecule has 0 aliphatic rings. The number of nitrogens with one attached hydrogen (secondary N) is 1. The number of amides is 1. The van der Waals surface area contributed by atoms with Crippen LogP contribution < -0.4 is 5.32 Å². The van der Waals surface area contributed by atoms with Crippen LogP contribution in [0.4, 0.5) is 0 Å². The van der Waals surface area contributed by atoms with Gasteiger partial charge < -0.3 is 9.84 Å². The fourth-order valence-corrected chi connectivity index (χ4v) is 1.45. The Labute approximate surface area is 98.8 Å². The largest absolute Gasteiger partial charge is 0.351 e. The summed E-state index contributed by atoms with van der Waals surface area (Å²) in [6, 6.07) is 5.22. The van der Waals surface area contributed by atoms with E-state index in [0.29, 0.717) is 5.69 Å². The number of hydrogen-bond donors (Lipinski definition) is 1. The van der Waals surface area contributed by atoms with Gasteiger partial charge in [-0.15, -0.1) is 0 Å². The van der Waals surface area contributed by atoms with Crippen molar-refractivity contribution in [2.24, 2.45) is 0 Å². The molecule has 88 valence electrons. The first-order valence-corrected chi connectivity index (χ1v) is 5.31. The maximum Gasteiger partial charge on any atom is 0.290 e. The smallest absolute Gasteiger partial charge is 0.290 e. The third kappa shape index (κ3) is 2.69. The SMILES string of the molecule is Cc1cc(C(=O)N[C@H](C)c2cccnc2)on1. The van der Waals surface area contributed by atoms with Gasteiger partial charge in [0.05, 0.1) is 11.7 Å². The number of carbonyl (C=O) groups is 1. The van der Waals surface area contributed by atoms with Crippen molar-refractivity contribution in [1.29, 1.82) is 0 Å². The Balaban J connectivity index is 2.04. The molecule has 5 nitrogen and oxygen atoms in total. The van der Waals surface area contributed by atoms with Crippen molar-refractivity contribution < 1.29 is 9.32 Å². The number of aromatic nitrogens is 2. The highest BCUT2D eigenvalue weighted by Crippen LogP contribution is 2.11. The van der Waals surface area contributed by atoms with Gasteiger partial charge in [-0.2, -0.15) is 0 Å². The van der Waals surface area contributed by atoms with Crippen LogP contribution in [0.2, 0.25) is 0 Å². The monoisotopic (exact) mass is 231 g/mol. The molecule has 5 heteroatoms. The summed E-state index contributed by atoms with van der Waals surface area (Å²) in [5, 5.41) is 6.48. The molecular weight excluding hydrogens is 218 g/mol. The minimum Gasteiger partial charge on any atom is -0.351 e. The van der Waals surface area contributed by atoms with Gasteiger partial charge in [0, 0.05) is 18.5 Å². The van der Waals surface area contributed by atoms with Gasteiger partial charge in [-0.3, -0.25) is 9.78 Å². The number of pyridine rings is 1. The molecule has 0 aliphatic heterocycles. The van der Waals surface area contributed by atoms with E-state index in [0.717, 1.165) is 5.56 Å². The van der Waals surface area contributed by atoms with Crippen LogP contribution in [-0.4, -0.2) is 16.0 Å². The Morgan fingerprint density at radius 2 is 2.35 bits per heavy atom. The molecule has 0 saturated heterocycles. The van der Waals surface area contributed by atoms with Gasteiger partial charge in [0.2, 0.25) is 5.76 Å². The lowest BCUT2D eigenvalue weighted by Crippen LogP contribution is -2.26. The molecule has 2 rings (SSSR count). The highest BCUT2D eigenvalue weighted by molar-refractivity contribution is 5.91. The standard InChI is InChI=1S/C12H13N3O2/c1-8-6-11(17-15-8)12(16)14-9(2)10-4-3-5-13-7-10/h3-7,9H,1-2H3,(H,14,16)/t9-/m1/s1. The summed E-state index contributed by atoms with van der Waals surface area (Å²) in [6.45, 7) is 3.66. The fourth-order valence-electron chi connectivity index (χ4n) is 1.45. The van der Waals surface area contributed by atoms with Crippen LogP contribution in [0.15, 0.2) is 35.1 Å². The number of nitrogens with zero attached hydrogens (tertiary/aromatic N) is 2. The highest BCUT2D eigenvalue weighted by Gasteiger charge is 2.15. The van der Waals surface area contributed by atoms with Gasteiger partial charge in [-0.05, 0) is 25.5 Å². The Bertz CT molecular complexity index is 507. The Kier molecular flexibility index (Phi) is 3.18. The lowest BCUT2D eigenvalue weighted by molar-refractivity contribution is 0.0902. The number of aryl methyl sites for hydroxylation is 1. The molecule has 2 aromatic heterocycles. The topological polar surface area (TPSA) is 68.0 Å². The zero-order valence-corrected chi connectivity index (χ0v) is 9.68. The quantitative estimate of drug-likeness (QED) is 0.875. The second kappa shape index (κ2) is 4.78. The van der Waals surface area contributed by atoms with E-state index in [1.807, 2.05) is 19.1 Å². The molecule has 0 aromatic carbocycles. The van der Waals surface area contributed by atoms with Crippen LogP contribution >= 0.6 is 0 Å². The Hall–Kier alpha value is -2.17. The van der Waals surface area contributed by atoms with Crippen LogP contribution in [0.1, 0.15) is 34.8 Å². The molecule has 0 radical (unpaired) electrons. The van der Waals surface area contributed by atoms with Crippen molar-refractivity contribution in [1.82, 2.24) is 15.5 Å². The molecule has 1 amide bonds. The van der Waals surface area contributed by atoms with Gasteiger partial charge in [0.1, 0.15) is 0 Å². The van der Waals surface area contributed by atoms with Crippen molar-refractivity contribution in [3.05, 3.63) is 47.6 Å². The zero-order chi connectivity index (χ0) is 12.3. The fraction of sp³-hybridized carbons (Fsp3) is 0.250. The molecule has 0 unspecified atom stereocenters. The van der Waals surface area contributed by atoms with Crippen molar-refractivity contribution in [2.45, 2.75) is 19.9 Å². The predicted octanol–water partition coefficient (Wildman–Crippen LogP) is 1.87. The van der Waals surface area contributed by atoms with E-state index in [1.165, 1.54) is 0 Å². The van der Waals surface area contributed by atoms with Crippen LogP contribution in [0, 0.1) is 6.92 Å². The summed E-state index contributed by atoms with van der Waals surface area (Å²) in [4.78, 5) is 15.8. The van der Waals surface area contributed by atoms with Gasteiger partial charge in [0.25, 0.3) is 5.91 Å². The minimum absolute atomic E-state index is 0.124. The van der Waals surface area contributed by atoms with Crippen LogP contribution in [-0.2, 0) is 0 Å². The number of rotatable bonds is 3. The maximum absolute atomic E-state index is 11.8. The summed E-state index contributed by atoms with van der Waals surface area (Å²) in [6.07, 6.45) is 3.41. The minimum atomic E-state index is -0.276. The molecular formula is C12H13N3O2. The molecule has 0 spiro atoms. The van der Waals surface area contributed by atoms with Crippen molar-refractivity contribution in [3.8, 4) is 0 Å². The summed E-state index contributed by atoms with van der Waals surface area (Å²) < 4.78 is 4.89. The van der Waals surface area contributed by atoms with Crippen molar-refractivity contribution in [2.75, 3.05) is 0 Å². The molecule has 0 fully saturated rings. The van der Waals surface area contributed by atoms with Gasteiger partial charge in [0.15, 0.2) is 0 Å². The van der Waals surface area contributed by atoms with Crippen LogP contribution in [0.3, 0.4) is 0 Å². The van der Waals surface area contributed by atoms with E-state index >= 15 is 0 Å². The predicted molar refractivity (Wildman–Crippen MR) is 61.4 cm³/mol. The van der Waals surface area contributed by atoms with Crippen molar-refractivity contribution in [3.63, 3.8) is 0 Å². The molecule has 0 bridgehead atoms. The normalized spacial score (nSPS) is 12.1. The lowest BCUT2D eigenvalue weighted by atomic mass is 10.1. The average molecular weight is 231 g/mol. The third-order valence-electron chi connectivity index (χ3n) is 2.38. The molecule has 1 atom stereocenters. The maximum atomic E-state index is 11.8. The van der Waals surface area contributed by atoms with Crippen LogP contribution in [0.25, 0.3) is 0 Å². The Morgan fingerprint density at radius 3 is 2.94 bits per heavy atom. The van der Waals surface area contributed by atoms with E-state index in [4.69, 9.17) is 4.52 Å². The van der Waals surface area contributed by atoms with E-state index in [1.54, 1.807) is 25.4 Å². The van der Waals surface area contributed by atoms with Gasteiger partial charge >= 0.3 is 0 Å². The highest BCUT2D eigenvalue weighted by atomic mass is 16.5. The molecule has 1 N–H and O–H groups in total. The molecule has 0 aliphatic carbocycles. The van der Waals surface area contributed by atoms with Crippen molar-refractivity contribution >= 4 is 5.91 Å². The van der Waals surface area contributed by atoms with E-state index in [-0.39, 0.29) is 17.7 Å². The number of hydrogen-bond acceptors (Lipinski definition) is 4. The first-order valence-electron chi connectivity index (χ1n) is 5.31. The molecule has 2 heterocycles. The second-order valence-corrected chi connectivity index (χ2v) is 3.81. The summed E-state index contributed by atoms with van der Waals surface area (Å²) in [5.41, 5.74) is 1.63. The summed E-state index contributed by atoms with van der Waals surface area (Å²) in [5.74, 6) is -0.0554. The molecule has 2 aromatic rings. The third-order valence-corrected chi connectivity index (χ3v) is 2.38. The first-order chi connectivity index (χ1) is 8.16. The lowest BCUT2D eigenvalue weighted by Gasteiger charge is -2.12. The number of carbonyl (C=O) groups excluding carboxylic acids is 1. The average Bonchev–Trinajstić information content (AvgIpc) is 2.77. The van der Waals surface area contributed by atoms with E-state index < -0.39 is 0 Å². The molecule has 0 saturated carbocycles. The van der Waals surface area contributed by atoms with Gasteiger partial charge in [-0.1, -0.05) is 11.2 Å². The second-order valence-electron chi connectivity index (χ2n) is 3.81. The van der Waals surface area contributed by atoms with E-state index in [9.17, 15) is 4.79 Å². The molecule has 17 heavy (non-hydrogen) atoms. The van der Waals surface area contributed by atoms with E-state index in [2.05, 4.69) is 15.5 Å². The summed E-state index contributed by atoms with van der Waals surface area (Å²) >= 11 is 0. The van der Waals surface area contributed by atoms with Gasteiger partial charge in [-0.25, -0.2) is 0 Å². The van der Waals surface area contributed by atoms with Crippen LogP contribution in [0.5, 0.6) is 0 Å².